The molecule has 1 aliphatic rings. The summed E-state index contributed by atoms with van der Waals surface area (Å²) in [6, 6.07) is 0. The molecular weight excluding hydrogens is 230 g/mol. The summed E-state index contributed by atoms with van der Waals surface area (Å²) >= 11 is 0. The van der Waals surface area contributed by atoms with Gasteiger partial charge in [0, 0.05) is 25.4 Å². The Morgan fingerprint density at radius 3 is 3.06 bits per heavy atom. The molecule has 2 rings (SSSR count). The highest BCUT2D eigenvalue weighted by atomic mass is 16.1. The van der Waals surface area contributed by atoms with Gasteiger partial charge in [0.25, 0.3) is 0 Å². The van der Waals surface area contributed by atoms with E-state index in [2.05, 4.69) is 20.1 Å². The molecule has 0 spiro atoms. The second-order valence-electron chi connectivity index (χ2n) is 4.85. The molecule has 1 amide bonds. The van der Waals surface area contributed by atoms with Crippen LogP contribution in [0.2, 0.25) is 0 Å². The van der Waals surface area contributed by atoms with Crippen molar-refractivity contribution in [3.8, 4) is 0 Å². The maximum atomic E-state index is 11.7. The van der Waals surface area contributed by atoms with Gasteiger partial charge >= 0.3 is 0 Å². The summed E-state index contributed by atoms with van der Waals surface area (Å²) in [6.07, 6.45) is 4.55. The van der Waals surface area contributed by atoms with Crippen molar-refractivity contribution in [1.82, 2.24) is 20.1 Å². The van der Waals surface area contributed by atoms with E-state index in [9.17, 15) is 4.79 Å². The molecule has 3 N–H and O–H groups in total. The predicted octanol–water partition coefficient (Wildman–Crippen LogP) is 0.216. The lowest BCUT2D eigenvalue weighted by molar-refractivity contribution is -0.124. The maximum Gasteiger partial charge on any atom is 0.224 e. The first kappa shape index (κ1) is 13.0. The van der Waals surface area contributed by atoms with Crippen molar-refractivity contribution in [3.05, 3.63) is 11.6 Å². The molecule has 0 radical (unpaired) electrons. The summed E-state index contributed by atoms with van der Waals surface area (Å²) < 4.78 is 2.14. The molecule has 1 unspecified atom stereocenters. The van der Waals surface area contributed by atoms with Gasteiger partial charge in [-0.05, 0) is 12.8 Å². The minimum absolute atomic E-state index is 0.0246. The average Bonchev–Trinajstić information content (AvgIpc) is 2.62. The lowest BCUT2D eigenvalue weighted by Gasteiger charge is -2.10. The van der Waals surface area contributed by atoms with E-state index in [1.807, 2.05) is 6.92 Å². The molecule has 1 aliphatic heterocycles. The van der Waals surface area contributed by atoms with Crippen LogP contribution in [0.3, 0.4) is 0 Å². The lowest BCUT2D eigenvalue weighted by atomic mass is 10.2. The number of nitrogens with two attached hydrogens (primary N) is 1. The van der Waals surface area contributed by atoms with E-state index in [1.165, 1.54) is 12.8 Å². The van der Waals surface area contributed by atoms with Gasteiger partial charge < -0.3 is 15.6 Å². The zero-order valence-electron chi connectivity index (χ0n) is 10.9. The van der Waals surface area contributed by atoms with Gasteiger partial charge in [0.05, 0.1) is 6.54 Å². The zero-order chi connectivity index (χ0) is 13.0. The molecule has 18 heavy (non-hydrogen) atoms. The molecule has 0 saturated heterocycles. The Morgan fingerprint density at radius 2 is 2.28 bits per heavy atom. The van der Waals surface area contributed by atoms with Gasteiger partial charge in [-0.25, -0.2) is 0 Å². The van der Waals surface area contributed by atoms with E-state index < -0.39 is 0 Å². The van der Waals surface area contributed by atoms with Gasteiger partial charge in [0.1, 0.15) is 5.82 Å². The molecule has 0 saturated carbocycles. The number of carbonyl (C=O) groups excluding carboxylic acids is 1. The summed E-state index contributed by atoms with van der Waals surface area (Å²) in [6.45, 7) is 3.58. The average molecular weight is 251 g/mol. The van der Waals surface area contributed by atoms with Crippen LogP contribution in [-0.4, -0.2) is 27.2 Å². The van der Waals surface area contributed by atoms with Gasteiger partial charge in [-0.15, -0.1) is 10.2 Å². The van der Waals surface area contributed by atoms with Crippen molar-refractivity contribution in [1.29, 1.82) is 0 Å². The number of carbonyl (C=O) groups is 1. The fraction of sp³-hybridized carbons (Fsp3) is 0.750. The van der Waals surface area contributed by atoms with Crippen LogP contribution in [0.1, 0.15) is 37.8 Å². The van der Waals surface area contributed by atoms with Crippen LogP contribution in [0, 0.1) is 5.92 Å². The topological polar surface area (TPSA) is 85.8 Å². The number of hydrogen-bond acceptors (Lipinski definition) is 4. The van der Waals surface area contributed by atoms with E-state index in [0.29, 0.717) is 13.1 Å². The van der Waals surface area contributed by atoms with Crippen LogP contribution in [0.4, 0.5) is 0 Å². The zero-order valence-corrected chi connectivity index (χ0v) is 10.9. The van der Waals surface area contributed by atoms with E-state index in [1.54, 1.807) is 0 Å². The molecule has 1 aromatic rings. The normalized spacial score (nSPS) is 16.8. The second-order valence-corrected chi connectivity index (χ2v) is 4.85. The molecule has 6 nitrogen and oxygen atoms in total. The van der Waals surface area contributed by atoms with Crippen molar-refractivity contribution in [2.24, 2.45) is 11.7 Å². The monoisotopic (exact) mass is 251 g/mol. The van der Waals surface area contributed by atoms with Gasteiger partial charge in [-0.2, -0.15) is 0 Å². The number of aromatic nitrogens is 3. The number of hydrogen-bond donors (Lipinski definition) is 2. The van der Waals surface area contributed by atoms with Crippen molar-refractivity contribution < 1.29 is 4.79 Å². The fourth-order valence-corrected chi connectivity index (χ4v) is 2.12. The van der Waals surface area contributed by atoms with Crippen molar-refractivity contribution >= 4 is 5.91 Å². The number of nitrogens with zero attached hydrogens (tertiary/aromatic N) is 3. The quantitative estimate of drug-likeness (QED) is 0.801. The summed E-state index contributed by atoms with van der Waals surface area (Å²) in [5.74, 6) is 1.72. The first-order chi connectivity index (χ1) is 8.72. The Hall–Kier alpha value is -1.43. The van der Waals surface area contributed by atoms with Crippen molar-refractivity contribution in [2.45, 2.75) is 45.7 Å². The third-order valence-electron chi connectivity index (χ3n) is 3.41. The molecule has 6 heteroatoms. The van der Waals surface area contributed by atoms with Crippen LogP contribution >= 0.6 is 0 Å². The molecule has 1 atom stereocenters. The Labute approximate surface area is 107 Å². The molecule has 2 heterocycles. The SMILES string of the molecule is CC(CN)C(=O)NCc1nnc2n1CCCCC2. The van der Waals surface area contributed by atoms with Crippen LogP contribution in [0.25, 0.3) is 0 Å². The Kier molecular flexibility index (Phi) is 4.30. The maximum absolute atomic E-state index is 11.7. The van der Waals surface area contributed by atoms with E-state index in [4.69, 9.17) is 5.73 Å². The number of nitrogens with one attached hydrogen (secondary N) is 1. The van der Waals surface area contributed by atoms with E-state index in [-0.39, 0.29) is 11.8 Å². The summed E-state index contributed by atoms with van der Waals surface area (Å²) in [5.41, 5.74) is 5.46. The molecular formula is C12H21N5O. The van der Waals surface area contributed by atoms with Gasteiger partial charge in [-0.3, -0.25) is 4.79 Å². The van der Waals surface area contributed by atoms with Crippen LogP contribution < -0.4 is 11.1 Å². The third-order valence-corrected chi connectivity index (χ3v) is 3.41. The molecule has 100 valence electrons. The Balaban J connectivity index is 1.98. The number of fused-ring (bicyclic) bond motifs is 1. The molecule has 0 aromatic carbocycles. The molecule has 0 aliphatic carbocycles. The number of rotatable bonds is 4. The number of amides is 1. The minimum atomic E-state index is -0.156. The minimum Gasteiger partial charge on any atom is -0.349 e. The highest BCUT2D eigenvalue weighted by molar-refractivity contribution is 5.78. The van der Waals surface area contributed by atoms with Gasteiger partial charge in [0.2, 0.25) is 5.91 Å². The first-order valence-electron chi connectivity index (χ1n) is 6.61. The number of aryl methyl sites for hydroxylation is 1. The van der Waals surface area contributed by atoms with Gasteiger partial charge in [-0.1, -0.05) is 13.3 Å². The largest absolute Gasteiger partial charge is 0.349 e. The highest BCUT2D eigenvalue weighted by Gasteiger charge is 2.16. The van der Waals surface area contributed by atoms with E-state index >= 15 is 0 Å². The molecule has 1 aromatic heterocycles. The Bertz CT molecular complexity index is 415. The molecule has 0 fully saturated rings. The summed E-state index contributed by atoms with van der Waals surface area (Å²) in [4.78, 5) is 11.7. The lowest BCUT2D eigenvalue weighted by Crippen LogP contribution is -2.33. The van der Waals surface area contributed by atoms with Crippen LogP contribution in [-0.2, 0) is 24.3 Å². The summed E-state index contributed by atoms with van der Waals surface area (Å²) in [7, 11) is 0. The standard InChI is InChI=1S/C12H21N5O/c1-9(7-13)12(18)14-8-11-16-15-10-5-3-2-4-6-17(10)11/h9H,2-8,13H2,1H3,(H,14,18). The fourth-order valence-electron chi connectivity index (χ4n) is 2.12. The van der Waals surface area contributed by atoms with E-state index in [0.717, 1.165) is 31.0 Å². The third kappa shape index (κ3) is 2.87. The smallest absolute Gasteiger partial charge is 0.224 e. The second kappa shape index (κ2) is 5.95. The van der Waals surface area contributed by atoms with Crippen molar-refractivity contribution in [3.63, 3.8) is 0 Å². The van der Waals surface area contributed by atoms with Crippen molar-refractivity contribution in [2.75, 3.05) is 6.54 Å². The van der Waals surface area contributed by atoms with Crippen LogP contribution in [0.15, 0.2) is 0 Å². The Morgan fingerprint density at radius 1 is 1.44 bits per heavy atom. The van der Waals surface area contributed by atoms with Crippen LogP contribution in [0.5, 0.6) is 0 Å². The predicted molar refractivity (Wildman–Crippen MR) is 67.6 cm³/mol. The first-order valence-corrected chi connectivity index (χ1v) is 6.61. The summed E-state index contributed by atoms with van der Waals surface area (Å²) in [5, 5.41) is 11.2. The highest BCUT2D eigenvalue weighted by Crippen LogP contribution is 2.14. The van der Waals surface area contributed by atoms with Gasteiger partial charge in [0.15, 0.2) is 5.82 Å². The molecule has 0 bridgehead atoms.